The molecule has 3 nitrogen and oxygen atoms in total. The highest BCUT2D eigenvalue weighted by molar-refractivity contribution is 9.10. The molecule has 6 heteroatoms. The van der Waals surface area contributed by atoms with Crippen LogP contribution in [0.1, 0.15) is 5.56 Å². The minimum Gasteiger partial charge on any atom is -0.435 e. The molecule has 0 spiro atoms. The fourth-order valence-electron chi connectivity index (χ4n) is 1.23. The highest BCUT2D eigenvalue weighted by atomic mass is 79.9. The van der Waals surface area contributed by atoms with E-state index in [0.29, 0.717) is 9.50 Å². The lowest BCUT2D eigenvalue weighted by Gasteiger charge is -2.07. The summed E-state index contributed by atoms with van der Waals surface area (Å²) in [6.45, 7) is 0. The minimum absolute atomic E-state index is 0.00970. The second-order valence-corrected chi connectivity index (χ2v) is 4.59. The van der Waals surface area contributed by atoms with E-state index in [4.69, 9.17) is 21.6 Å². The van der Waals surface area contributed by atoms with Gasteiger partial charge in [-0.05, 0) is 40.2 Å². The van der Waals surface area contributed by atoms with Gasteiger partial charge < -0.3 is 4.74 Å². The number of halogens is 3. The van der Waals surface area contributed by atoms with Crippen molar-refractivity contribution in [3.8, 4) is 17.7 Å². The number of hydrogen-bond acceptors (Lipinski definition) is 3. The normalized spacial score (nSPS) is 9.89. The molecule has 2 rings (SSSR count). The summed E-state index contributed by atoms with van der Waals surface area (Å²) in [6.07, 6.45) is 1.39. The zero-order valence-corrected chi connectivity index (χ0v) is 11.2. The Labute approximate surface area is 116 Å². The van der Waals surface area contributed by atoms with Gasteiger partial charge in [0.25, 0.3) is 0 Å². The smallest absolute Gasteiger partial charge is 0.233 e. The van der Waals surface area contributed by atoms with Crippen LogP contribution in [0.3, 0.4) is 0 Å². The van der Waals surface area contributed by atoms with E-state index in [-0.39, 0.29) is 17.2 Å². The Balaban J connectivity index is 2.32. The molecule has 0 N–H and O–H groups in total. The van der Waals surface area contributed by atoms with Crippen molar-refractivity contribution < 1.29 is 9.13 Å². The topological polar surface area (TPSA) is 45.9 Å². The van der Waals surface area contributed by atoms with E-state index < -0.39 is 5.82 Å². The van der Waals surface area contributed by atoms with Crippen molar-refractivity contribution in [3.05, 3.63) is 51.3 Å². The second kappa shape index (κ2) is 5.34. The lowest BCUT2D eigenvalue weighted by atomic mass is 10.2. The maximum atomic E-state index is 13.6. The van der Waals surface area contributed by atoms with E-state index in [1.807, 2.05) is 6.07 Å². The Morgan fingerprint density at radius 2 is 2.17 bits per heavy atom. The van der Waals surface area contributed by atoms with Crippen LogP contribution in [-0.4, -0.2) is 4.98 Å². The van der Waals surface area contributed by atoms with Gasteiger partial charge in [-0.1, -0.05) is 11.6 Å². The number of aromatic nitrogens is 1. The van der Waals surface area contributed by atoms with Crippen LogP contribution in [0.2, 0.25) is 5.02 Å². The van der Waals surface area contributed by atoms with Crippen LogP contribution in [0.4, 0.5) is 4.39 Å². The van der Waals surface area contributed by atoms with Crippen molar-refractivity contribution in [2.75, 3.05) is 0 Å². The standard InChI is InChI=1S/C12H5BrClFN2O/c13-9-4-8(14)6-17-12(9)18-11-2-1-7(5-16)3-10(11)15/h1-4,6H. The first-order valence-electron chi connectivity index (χ1n) is 4.78. The van der Waals surface area contributed by atoms with Crippen molar-refractivity contribution >= 4 is 27.5 Å². The molecule has 0 amide bonds. The zero-order valence-electron chi connectivity index (χ0n) is 8.82. The predicted octanol–water partition coefficient (Wildman–Crippen LogP) is 4.30. The van der Waals surface area contributed by atoms with Crippen LogP contribution in [0.25, 0.3) is 0 Å². The molecule has 0 aliphatic rings. The van der Waals surface area contributed by atoms with E-state index in [2.05, 4.69) is 20.9 Å². The summed E-state index contributed by atoms with van der Waals surface area (Å²) in [5.41, 5.74) is 0.225. The van der Waals surface area contributed by atoms with Gasteiger partial charge in [0.2, 0.25) is 5.88 Å². The van der Waals surface area contributed by atoms with Gasteiger partial charge in [0.05, 0.1) is 21.1 Å². The second-order valence-electron chi connectivity index (χ2n) is 3.30. The third-order valence-corrected chi connectivity index (χ3v) is 2.82. The number of hydrogen-bond donors (Lipinski definition) is 0. The van der Waals surface area contributed by atoms with Crippen molar-refractivity contribution in [2.24, 2.45) is 0 Å². The molecule has 0 unspecified atom stereocenters. The van der Waals surface area contributed by atoms with E-state index in [0.717, 1.165) is 6.07 Å². The molecule has 18 heavy (non-hydrogen) atoms. The molecule has 0 fully saturated rings. The maximum Gasteiger partial charge on any atom is 0.233 e. The van der Waals surface area contributed by atoms with Crippen LogP contribution in [0.5, 0.6) is 11.6 Å². The van der Waals surface area contributed by atoms with Gasteiger partial charge in [0.15, 0.2) is 11.6 Å². The lowest BCUT2D eigenvalue weighted by molar-refractivity contribution is 0.425. The lowest BCUT2D eigenvalue weighted by Crippen LogP contribution is -1.92. The van der Waals surface area contributed by atoms with Gasteiger partial charge >= 0.3 is 0 Å². The van der Waals surface area contributed by atoms with Gasteiger partial charge in [-0.25, -0.2) is 9.37 Å². The molecule has 0 bridgehead atoms. The SMILES string of the molecule is N#Cc1ccc(Oc2ncc(Cl)cc2Br)c(F)c1. The fraction of sp³-hybridized carbons (Fsp3) is 0. The highest BCUT2D eigenvalue weighted by Crippen LogP contribution is 2.30. The monoisotopic (exact) mass is 326 g/mol. The summed E-state index contributed by atoms with van der Waals surface area (Å²) in [6, 6.07) is 7.36. The molecule has 1 heterocycles. The van der Waals surface area contributed by atoms with Crippen molar-refractivity contribution in [1.82, 2.24) is 4.98 Å². The van der Waals surface area contributed by atoms with Crippen LogP contribution < -0.4 is 4.74 Å². The number of benzene rings is 1. The van der Waals surface area contributed by atoms with Crippen LogP contribution >= 0.6 is 27.5 Å². The number of pyridine rings is 1. The molecule has 0 saturated heterocycles. The van der Waals surface area contributed by atoms with E-state index in [1.165, 1.54) is 18.3 Å². The first-order valence-corrected chi connectivity index (χ1v) is 5.96. The van der Waals surface area contributed by atoms with Crippen LogP contribution in [0, 0.1) is 17.1 Å². The molecule has 0 aliphatic carbocycles. The Hall–Kier alpha value is -1.64. The summed E-state index contributed by atoms with van der Waals surface area (Å²) in [7, 11) is 0. The molecule has 2 aromatic rings. The molecule has 0 radical (unpaired) electrons. The summed E-state index contributed by atoms with van der Waals surface area (Å²) in [4.78, 5) is 3.92. The molecule has 1 aromatic heterocycles. The Morgan fingerprint density at radius 3 is 2.78 bits per heavy atom. The van der Waals surface area contributed by atoms with E-state index >= 15 is 0 Å². The fourth-order valence-corrected chi connectivity index (χ4v) is 1.95. The predicted molar refractivity (Wildman–Crippen MR) is 68.1 cm³/mol. The number of nitriles is 1. The third kappa shape index (κ3) is 2.78. The van der Waals surface area contributed by atoms with Gasteiger partial charge in [-0.3, -0.25) is 0 Å². The summed E-state index contributed by atoms with van der Waals surface area (Å²) < 4.78 is 19.4. The quantitative estimate of drug-likeness (QED) is 0.826. The molecular formula is C12H5BrClFN2O. The molecule has 0 atom stereocenters. The van der Waals surface area contributed by atoms with E-state index in [9.17, 15) is 4.39 Å². The third-order valence-electron chi connectivity index (χ3n) is 2.04. The van der Waals surface area contributed by atoms with Gasteiger partial charge in [-0.15, -0.1) is 0 Å². The molecule has 0 aliphatic heterocycles. The van der Waals surface area contributed by atoms with Gasteiger partial charge in [0, 0.05) is 6.20 Å². The minimum atomic E-state index is -0.627. The number of ether oxygens (including phenoxy) is 1. The van der Waals surface area contributed by atoms with Crippen molar-refractivity contribution in [3.63, 3.8) is 0 Å². The number of rotatable bonds is 2. The maximum absolute atomic E-state index is 13.6. The molecular weight excluding hydrogens is 322 g/mol. The van der Waals surface area contributed by atoms with Gasteiger partial charge in [0.1, 0.15) is 0 Å². The summed E-state index contributed by atoms with van der Waals surface area (Å²) >= 11 is 8.94. The Kier molecular flexibility index (Phi) is 3.80. The first kappa shape index (κ1) is 12.8. The Bertz CT molecular complexity index is 642. The van der Waals surface area contributed by atoms with E-state index in [1.54, 1.807) is 6.07 Å². The van der Waals surface area contributed by atoms with Crippen molar-refractivity contribution in [1.29, 1.82) is 5.26 Å². The molecule has 90 valence electrons. The molecule has 1 aromatic carbocycles. The summed E-state index contributed by atoms with van der Waals surface area (Å²) in [5.74, 6) is -0.440. The highest BCUT2D eigenvalue weighted by Gasteiger charge is 2.10. The average molecular weight is 328 g/mol. The largest absolute Gasteiger partial charge is 0.435 e. The summed E-state index contributed by atoms with van der Waals surface area (Å²) in [5, 5.41) is 9.06. The first-order chi connectivity index (χ1) is 8.60. The average Bonchev–Trinajstić information content (AvgIpc) is 2.34. The number of nitrogens with zero attached hydrogens (tertiary/aromatic N) is 2. The van der Waals surface area contributed by atoms with Crippen molar-refractivity contribution in [2.45, 2.75) is 0 Å². The van der Waals surface area contributed by atoms with Crippen LogP contribution in [-0.2, 0) is 0 Å². The van der Waals surface area contributed by atoms with Crippen LogP contribution in [0.15, 0.2) is 34.9 Å². The zero-order chi connectivity index (χ0) is 13.1. The molecule has 0 saturated carbocycles. The Morgan fingerprint density at radius 1 is 1.39 bits per heavy atom. The van der Waals surface area contributed by atoms with Gasteiger partial charge in [-0.2, -0.15) is 5.26 Å².